The van der Waals surface area contributed by atoms with Crippen molar-refractivity contribution in [1.29, 1.82) is 0 Å². The van der Waals surface area contributed by atoms with E-state index in [1.54, 1.807) is 0 Å². The molecular weight excluding hydrogens is 428 g/mol. The third-order valence-electron chi connectivity index (χ3n) is 8.03. The number of benzene rings is 3. The summed E-state index contributed by atoms with van der Waals surface area (Å²) >= 11 is 0. The van der Waals surface area contributed by atoms with Crippen molar-refractivity contribution in [3.8, 4) is 22.3 Å². The lowest BCUT2D eigenvalue weighted by molar-refractivity contribution is 1.24. The summed E-state index contributed by atoms with van der Waals surface area (Å²) in [5.41, 5.74) is 15.5. The Labute approximate surface area is 200 Å². The second-order valence-electron chi connectivity index (χ2n) is 9.68. The van der Waals surface area contributed by atoms with Gasteiger partial charge in [-0.25, -0.2) is 4.98 Å². The Bertz CT molecular complexity index is 2070. The fourth-order valence-corrected chi connectivity index (χ4v) is 6.56. The number of nitrogens with zero attached hydrogens (tertiary/aromatic N) is 4. The van der Waals surface area contributed by atoms with Crippen molar-refractivity contribution in [3.63, 3.8) is 0 Å². The molecule has 35 heavy (non-hydrogen) atoms. The Morgan fingerprint density at radius 3 is 2.40 bits per heavy atom. The van der Waals surface area contributed by atoms with E-state index in [4.69, 9.17) is 4.98 Å². The first-order valence-corrected chi connectivity index (χ1v) is 12.0. The first-order valence-electron chi connectivity index (χ1n) is 12.0. The van der Waals surface area contributed by atoms with Crippen LogP contribution in [0, 0.1) is 0 Å². The molecule has 0 radical (unpaired) electrons. The van der Waals surface area contributed by atoms with Crippen molar-refractivity contribution in [3.05, 3.63) is 108 Å². The maximum Gasteiger partial charge on any atom is 0.146 e. The predicted octanol–water partition coefficient (Wildman–Crippen LogP) is 6.73. The highest BCUT2D eigenvalue weighted by molar-refractivity contribution is 6.13. The second kappa shape index (κ2) is 6.10. The van der Waals surface area contributed by atoms with Gasteiger partial charge in [-0.05, 0) is 69.1 Å². The molecule has 0 saturated carbocycles. The van der Waals surface area contributed by atoms with Crippen LogP contribution in [0.5, 0.6) is 0 Å². The molecule has 2 aliphatic rings. The van der Waals surface area contributed by atoms with Crippen molar-refractivity contribution in [2.24, 2.45) is 0 Å². The van der Waals surface area contributed by atoms with Gasteiger partial charge in [-0.1, -0.05) is 42.5 Å². The maximum absolute atomic E-state index is 5.30. The van der Waals surface area contributed by atoms with Crippen molar-refractivity contribution in [2.75, 3.05) is 0 Å². The minimum atomic E-state index is 0.919. The number of pyridine rings is 3. The van der Waals surface area contributed by atoms with Gasteiger partial charge in [0.25, 0.3) is 0 Å². The quantitative estimate of drug-likeness (QED) is 0.243. The van der Waals surface area contributed by atoms with Crippen LogP contribution in [0.4, 0.5) is 0 Å². The molecule has 0 fully saturated rings. The number of rotatable bonds is 0. The van der Waals surface area contributed by atoms with Crippen molar-refractivity contribution in [2.45, 2.75) is 12.8 Å². The smallest absolute Gasteiger partial charge is 0.146 e. The molecule has 4 aromatic heterocycles. The van der Waals surface area contributed by atoms with E-state index < -0.39 is 0 Å². The van der Waals surface area contributed by atoms with Crippen LogP contribution in [0.2, 0.25) is 0 Å². The summed E-state index contributed by atoms with van der Waals surface area (Å²) in [6.45, 7) is 0. The van der Waals surface area contributed by atoms with Gasteiger partial charge in [0.05, 0.1) is 16.6 Å². The first-order chi connectivity index (χ1) is 17.4. The molecule has 0 bridgehead atoms. The summed E-state index contributed by atoms with van der Waals surface area (Å²) in [5, 5.41) is 3.30. The second-order valence-corrected chi connectivity index (χ2v) is 9.68. The maximum atomic E-state index is 5.30. The van der Waals surface area contributed by atoms with Crippen LogP contribution in [-0.4, -0.2) is 19.4 Å². The summed E-state index contributed by atoms with van der Waals surface area (Å²) in [4.78, 5) is 14.1. The van der Waals surface area contributed by atoms with Crippen LogP contribution < -0.4 is 0 Å². The van der Waals surface area contributed by atoms with Gasteiger partial charge in [0, 0.05) is 47.4 Å². The lowest BCUT2D eigenvalue weighted by Crippen LogP contribution is -1.92. The van der Waals surface area contributed by atoms with Crippen LogP contribution in [0.3, 0.4) is 0 Å². The van der Waals surface area contributed by atoms with Crippen LogP contribution in [0.1, 0.15) is 22.3 Å². The fraction of sp³-hybridized carbons (Fsp3) is 0.0645. The van der Waals surface area contributed by atoms with Crippen molar-refractivity contribution < 1.29 is 0 Å². The molecule has 0 spiro atoms. The zero-order valence-electron chi connectivity index (χ0n) is 18.8. The largest absolute Gasteiger partial charge is 0.292 e. The number of hydrogen-bond acceptors (Lipinski definition) is 3. The number of hydrogen-bond donors (Lipinski definition) is 0. The van der Waals surface area contributed by atoms with Crippen LogP contribution in [0.15, 0.2) is 85.5 Å². The van der Waals surface area contributed by atoms with Gasteiger partial charge in [-0.2, -0.15) is 0 Å². The molecule has 0 saturated heterocycles. The average molecular weight is 447 g/mol. The monoisotopic (exact) mass is 446 g/mol. The molecule has 0 aliphatic heterocycles. The SMILES string of the molecule is c1ccc2c(c1)Cc1ccc3c(c1-2)Cc1c-3ccc2c1nc1c3ccncc3c3cnccc3n21. The highest BCUT2D eigenvalue weighted by atomic mass is 15.0. The highest BCUT2D eigenvalue weighted by Crippen LogP contribution is 2.49. The number of imidazole rings is 1. The van der Waals surface area contributed by atoms with Gasteiger partial charge in [-0.3, -0.25) is 14.4 Å². The first kappa shape index (κ1) is 17.8. The Balaban J connectivity index is 1.39. The normalized spacial score (nSPS) is 13.5. The Morgan fingerprint density at radius 2 is 1.43 bits per heavy atom. The predicted molar refractivity (Wildman–Crippen MR) is 140 cm³/mol. The van der Waals surface area contributed by atoms with E-state index in [9.17, 15) is 0 Å². The molecule has 4 nitrogen and oxygen atoms in total. The lowest BCUT2D eigenvalue weighted by Gasteiger charge is -2.09. The topological polar surface area (TPSA) is 43.1 Å². The van der Waals surface area contributed by atoms with Gasteiger partial charge in [-0.15, -0.1) is 0 Å². The summed E-state index contributed by atoms with van der Waals surface area (Å²) in [6.07, 6.45) is 9.53. The number of fused-ring (bicyclic) bond motifs is 16. The summed E-state index contributed by atoms with van der Waals surface area (Å²) in [6, 6.07) is 22.2. The molecule has 162 valence electrons. The van der Waals surface area contributed by atoms with Gasteiger partial charge in [0.1, 0.15) is 5.65 Å². The molecule has 0 unspecified atom stereocenters. The van der Waals surface area contributed by atoms with Crippen molar-refractivity contribution in [1.82, 2.24) is 19.4 Å². The van der Waals surface area contributed by atoms with E-state index in [1.807, 2.05) is 24.8 Å². The van der Waals surface area contributed by atoms with Crippen LogP contribution in [-0.2, 0) is 12.8 Å². The Morgan fingerprint density at radius 1 is 0.600 bits per heavy atom. The minimum Gasteiger partial charge on any atom is -0.292 e. The van der Waals surface area contributed by atoms with E-state index in [-0.39, 0.29) is 0 Å². The fourth-order valence-electron chi connectivity index (χ4n) is 6.56. The van der Waals surface area contributed by atoms with Gasteiger partial charge >= 0.3 is 0 Å². The van der Waals surface area contributed by atoms with Crippen molar-refractivity contribution >= 4 is 38.4 Å². The van der Waals surface area contributed by atoms with Crippen LogP contribution in [0.25, 0.3) is 60.6 Å². The lowest BCUT2D eigenvalue weighted by atomic mass is 9.95. The average Bonchev–Trinajstić information content (AvgIpc) is 3.59. The van der Waals surface area contributed by atoms with Gasteiger partial charge < -0.3 is 0 Å². The molecule has 0 amide bonds. The van der Waals surface area contributed by atoms with E-state index in [0.29, 0.717) is 0 Å². The zero-order chi connectivity index (χ0) is 22.7. The van der Waals surface area contributed by atoms with Crippen LogP contribution >= 0.6 is 0 Å². The molecule has 0 N–H and O–H groups in total. The molecule has 4 heterocycles. The van der Waals surface area contributed by atoms with E-state index in [2.05, 4.69) is 75.0 Å². The third kappa shape index (κ3) is 2.11. The standard InChI is InChI=1S/C31H18N4/c1-2-4-19-17(3-1)13-18-5-6-20-21-7-8-28-30(24(21)14-23(20)29(18)19)34-31-22-9-11-32-15-25(22)26-16-33-12-10-27(26)35(28)31/h1-12,15-16H,13-14H2. The van der Waals surface area contributed by atoms with E-state index in [1.165, 1.54) is 44.5 Å². The Kier molecular flexibility index (Phi) is 3.11. The molecular formula is C31H18N4. The zero-order valence-corrected chi connectivity index (χ0v) is 18.8. The highest BCUT2D eigenvalue weighted by Gasteiger charge is 2.30. The molecule has 2 aliphatic carbocycles. The molecule has 0 atom stereocenters. The minimum absolute atomic E-state index is 0.919. The van der Waals surface area contributed by atoms with E-state index >= 15 is 0 Å². The van der Waals surface area contributed by atoms with Gasteiger partial charge in [0.2, 0.25) is 0 Å². The molecule has 7 aromatic rings. The molecule has 9 rings (SSSR count). The third-order valence-corrected chi connectivity index (χ3v) is 8.03. The summed E-state index contributed by atoms with van der Waals surface area (Å²) < 4.78 is 2.30. The van der Waals surface area contributed by atoms with Gasteiger partial charge in [0.15, 0.2) is 0 Å². The summed E-state index contributed by atoms with van der Waals surface area (Å²) in [5.74, 6) is 0. The molecule has 4 heteroatoms. The Hall–Kier alpha value is -4.57. The van der Waals surface area contributed by atoms with E-state index in [0.717, 1.165) is 51.2 Å². The number of aromatic nitrogens is 4. The molecule has 3 aromatic carbocycles. The summed E-state index contributed by atoms with van der Waals surface area (Å²) in [7, 11) is 0.